The predicted molar refractivity (Wildman–Crippen MR) is 84.3 cm³/mol. The normalized spacial score (nSPS) is 26.9. The number of nitrogens with zero attached hydrogens (tertiary/aromatic N) is 1. The molecule has 3 nitrogen and oxygen atoms in total. The third kappa shape index (κ3) is 3.37. The average molecular weight is 305 g/mol. The smallest absolute Gasteiger partial charge is 0.227 e. The van der Waals surface area contributed by atoms with Crippen LogP contribution in [0.25, 0.3) is 0 Å². The van der Waals surface area contributed by atoms with Crippen molar-refractivity contribution in [3.63, 3.8) is 0 Å². The molecule has 3 rings (SSSR count). The fourth-order valence-electron chi connectivity index (χ4n) is 3.77. The number of hydrogen-bond acceptors (Lipinski definition) is 3. The zero-order valence-electron chi connectivity index (χ0n) is 12.4. The third-order valence-corrected chi connectivity index (χ3v) is 5.60. The summed E-state index contributed by atoms with van der Waals surface area (Å²) in [4.78, 5) is 26.9. The first-order chi connectivity index (χ1) is 10.3. The van der Waals surface area contributed by atoms with Crippen molar-refractivity contribution >= 4 is 23.0 Å². The van der Waals surface area contributed by atoms with Gasteiger partial charge in [0, 0.05) is 24.9 Å². The van der Waals surface area contributed by atoms with E-state index in [1.807, 2.05) is 21.7 Å². The summed E-state index contributed by atoms with van der Waals surface area (Å²) in [5, 5.41) is 4.06. The lowest BCUT2D eigenvalue weighted by Crippen LogP contribution is -2.50. The molecule has 0 aromatic carbocycles. The van der Waals surface area contributed by atoms with E-state index in [4.69, 9.17) is 0 Å². The van der Waals surface area contributed by atoms with Crippen LogP contribution in [0.3, 0.4) is 0 Å². The number of likely N-dealkylation sites (tertiary alicyclic amines) is 1. The summed E-state index contributed by atoms with van der Waals surface area (Å²) >= 11 is 1.63. The number of piperidine rings is 1. The Morgan fingerprint density at radius 1 is 1.24 bits per heavy atom. The summed E-state index contributed by atoms with van der Waals surface area (Å²) < 4.78 is 0. The molecule has 1 saturated heterocycles. The third-order valence-electron chi connectivity index (χ3n) is 4.87. The van der Waals surface area contributed by atoms with Crippen LogP contribution in [0.2, 0.25) is 0 Å². The first kappa shape index (κ1) is 14.8. The molecule has 114 valence electrons. The minimum absolute atomic E-state index is 0.102. The lowest BCUT2D eigenvalue weighted by molar-refractivity contribution is -0.139. The van der Waals surface area contributed by atoms with Gasteiger partial charge < -0.3 is 4.90 Å². The molecule has 2 unspecified atom stereocenters. The van der Waals surface area contributed by atoms with Crippen molar-refractivity contribution in [1.29, 1.82) is 0 Å². The molecule has 1 aliphatic heterocycles. The molecule has 2 atom stereocenters. The summed E-state index contributed by atoms with van der Waals surface area (Å²) in [5.41, 5.74) is 1.10. The Bertz CT molecular complexity index is 497. The maximum Gasteiger partial charge on any atom is 0.227 e. The molecule has 0 spiro atoms. The molecule has 21 heavy (non-hydrogen) atoms. The van der Waals surface area contributed by atoms with Crippen LogP contribution in [0.4, 0.5) is 0 Å². The van der Waals surface area contributed by atoms with Crippen LogP contribution in [0, 0.1) is 5.92 Å². The molecular formula is C17H23NO2S. The van der Waals surface area contributed by atoms with Gasteiger partial charge in [-0.15, -0.1) is 0 Å². The Hall–Kier alpha value is -1.16. The molecule has 1 aromatic rings. The van der Waals surface area contributed by atoms with Crippen molar-refractivity contribution in [3.8, 4) is 0 Å². The number of carbonyl (C=O) groups is 2. The Kier molecular flexibility index (Phi) is 4.73. The lowest BCUT2D eigenvalue weighted by Gasteiger charge is -2.41. The Morgan fingerprint density at radius 2 is 2.10 bits per heavy atom. The van der Waals surface area contributed by atoms with Crippen molar-refractivity contribution in [3.05, 3.63) is 22.4 Å². The number of ketones is 1. The van der Waals surface area contributed by atoms with E-state index in [0.717, 1.165) is 50.6 Å². The van der Waals surface area contributed by atoms with E-state index >= 15 is 0 Å². The first-order valence-electron chi connectivity index (χ1n) is 8.09. The summed E-state index contributed by atoms with van der Waals surface area (Å²) in [6.45, 7) is 0.831. The number of hydrogen-bond donors (Lipinski definition) is 0. The standard InChI is InChI=1S/C17H23NO2S/c19-16-7-2-1-5-14(16)15-6-3-4-9-18(15)17(20)11-13-8-10-21-12-13/h8,10,12,14-15H,1-7,9,11H2. The van der Waals surface area contributed by atoms with Crippen molar-refractivity contribution in [1.82, 2.24) is 4.90 Å². The quantitative estimate of drug-likeness (QED) is 0.858. The average Bonchev–Trinajstić information content (AvgIpc) is 3.01. The van der Waals surface area contributed by atoms with Crippen LogP contribution in [0.1, 0.15) is 50.5 Å². The molecule has 4 heteroatoms. The zero-order valence-corrected chi connectivity index (χ0v) is 13.2. The molecule has 1 amide bonds. The van der Waals surface area contributed by atoms with Gasteiger partial charge in [0.05, 0.1) is 6.42 Å². The van der Waals surface area contributed by atoms with E-state index in [0.29, 0.717) is 18.6 Å². The van der Waals surface area contributed by atoms with Gasteiger partial charge in [0.25, 0.3) is 0 Å². The second kappa shape index (κ2) is 6.73. The predicted octanol–water partition coefficient (Wildman–Crippen LogP) is 3.43. The van der Waals surface area contributed by atoms with E-state index in [1.165, 1.54) is 0 Å². The van der Waals surface area contributed by atoms with Gasteiger partial charge in [0.1, 0.15) is 5.78 Å². The van der Waals surface area contributed by atoms with Crippen molar-refractivity contribution in [2.24, 2.45) is 5.92 Å². The zero-order chi connectivity index (χ0) is 14.7. The van der Waals surface area contributed by atoms with Crippen LogP contribution >= 0.6 is 11.3 Å². The second-order valence-corrected chi connectivity index (χ2v) is 7.06. The summed E-state index contributed by atoms with van der Waals surface area (Å²) in [5.74, 6) is 0.698. The number of amides is 1. The maximum absolute atomic E-state index is 12.6. The van der Waals surface area contributed by atoms with Gasteiger partial charge >= 0.3 is 0 Å². The Labute approximate surface area is 130 Å². The van der Waals surface area contributed by atoms with Gasteiger partial charge in [-0.25, -0.2) is 0 Å². The summed E-state index contributed by atoms with van der Waals surface area (Å²) in [6.07, 6.45) is 7.58. The van der Waals surface area contributed by atoms with E-state index in [1.54, 1.807) is 11.3 Å². The highest BCUT2D eigenvalue weighted by Crippen LogP contribution is 2.32. The van der Waals surface area contributed by atoms with E-state index < -0.39 is 0 Å². The molecule has 1 aromatic heterocycles. The molecule has 0 radical (unpaired) electrons. The van der Waals surface area contributed by atoms with Gasteiger partial charge in [-0.3, -0.25) is 9.59 Å². The SMILES string of the molecule is O=C1CCCCC1C1CCCCN1C(=O)Cc1ccsc1. The van der Waals surface area contributed by atoms with Gasteiger partial charge in [0.15, 0.2) is 0 Å². The first-order valence-corrected chi connectivity index (χ1v) is 9.03. The van der Waals surface area contributed by atoms with Crippen LogP contribution in [-0.4, -0.2) is 29.2 Å². The highest BCUT2D eigenvalue weighted by atomic mass is 32.1. The highest BCUT2D eigenvalue weighted by molar-refractivity contribution is 7.07. The molecule has 2 aliphatic rings. The molecule has 0 N–H and O–H groups in total. The largest absolute Gasteiger partial charge is 0.339 e. The van der Waals surface area contributed by atoms with Crippen LogP contribution in [0.15, 0.2) is 16.8 Å². The molecule has 0 bridgehead atoms. The fourth-order valence-corrected chi connectivity index (χ4v) is 4.44. The van der Waals surface area contributed by atoms with Crippen LogP contribution < -0.4 is 0 Å². The minimum Gasteiger partial charge on any atom is -0.339 e. The molecule has 2 fully saturated rings. The monoisotopic (exact) mass is 305 g/mol. The van der Waals surface area contributed by atoms with Gasteiger partial charge in [-0.2, -0.15) is 11.3 Å². The van der Waals surface area contributed by atoms with Gasteiger partial charge in [-0.1, -0.05) is 6.42 Å². The minimum atomic E-state index is 0.102. The van der Waals surface area contributed by atoms with Crippen molar-refractivity contribution in [2.45, 2.75) is 57.4 Å². The number of Topliss-reactive ketones (excluding diaryl/α,β-unsaturated/α-hetero) is 1. The summed E-state index contributed by atoms with van der Waals surface area (Å²) in [6, 6.07) is 2.19. The number of carbonyl (C=O) groups excluding carboxylic acids is 2. The fraction of sp³-hybridized carbons (Fsp3) is 0.647. The Balaban J connectivity index is 1.71. The number of thiophene rings is 1. The van der Waals surface area contributed by atoms with Gasteiger partial charge in [-0.05, 0) is 54.5 Å². The van der Waals surface area contributed by atoms with E-state index in [-0.39, 0.29) is 17.9 Å². The summed E-state index contributed by atoms with van der Waals surface area (Å²) in [7, 11) is 0. The molecule has 1 aliphatic carbocycles. The lowest BCUT2D eigenvalue weighted by atomic mass is 9.79. The maximum atomic E-state index is 12.6. The number of rotatable bonds is 3. The van der Waals surface area contributed by atoms with E-state index in [2.05, 4.69) is 0 Å². The van der Waals surface area contributed by atoms with Crippen LogP contribution in [-0.2, 0) is 16.0 Å². The van der Waals surface area contributed by atoms with Crippen LogP contribution in [0.5, 0.6) is 0 Å². The second-order valence-electron chi connectivity index (χ2n) is 6.28. The van der Waals surface area contributed by atoms with Gasteiger partial charge in [0.2, 0.25) is 5.91 Å². The molecular weight excluding hydrogens is 282 g/mol. The molecule has 2 heterocycles. The highest BCUT2D eigenvalue weighted by Gasteiger charge is 2.37. The topological polar surface area (TPSA) is 37.4 Å². The Morgan fingerprint density at radius 3 is 2.86 bits per heavy atom. The van der Waals surface area contributed by atoms with Crippen molar-refractivity contribution < 1.29 is 9.59 Å². The van der Waals surface area contributed by atoms with E-state index in [9.17, 15) is 9.59 Å². The molecule has 1 saturated carbocycles. The van der Waals surface area contributed by atoms with Crippen molar-refractivity contribution in [2.75, 3.05) is 6.54 Å².